The summed E-state index contributed by atoms with van der Waals surface area (Å²) in [6.07, 6.45) is 1.68. The maximum atomic E-state index is 11.1. The van der Waals surface area contributed by atoms with Crippen molar-refractivity contribution >= 4 is 33.7 Å². The van der Waals surface area contributed by atoms with Gasteiger partial charge in [0.05, 0.1) is 19.1 Å². The Morgan fingerprint density at radius 2 is 2.47 bits per heavy atom. The monoisotopic (exact) mass is 292 g/mol. The summed E-state index contributed by atoms with van der Waals surface area (Å²) in [5.74, 6) is 2.17. The van der Waals surface area contributed by atoms with E-state index in [9.17, 15) is 4.79 Å². The Morgan fingerprint density at radius 1 is 1.73 bits per heavy atom. The molecule has 1 atom stereocenters. The third kappa shape index (κ3) is 3.91. The van der Waals surface area contributed by atoms with E-state index in [0.29, 0.717) is 5.75 Å². The highest BCUT2D eigenvalue weighted by Crippen LogP contribution is 2.19. The van der Waals surface area contributed by atoms with Crippen LogP contribution in [0, 0.1) is 6.92 Å². The molecule has 0 aliphatic heterocycles. The van der Waals surface area contributed by atoms with Crippen LogP contribution >= 0.6 is 27.7 Å². The number of methoxy groups -OCH3 is 1. The summed E-state index contributed by atoms with van der Waals surface area (Å²) >= 11 is 4.90. The number of carbonyl (C=O) groups is 1. The fraction of sp³-hybridized carbons (Fsp3) is 0.500. The molecule has 0 saturated carbocycles. The summed E-state index contributed by atoms with van der Waals surface area (Å²) in [5.41, 5.74) is 1.15. The smallest absolute Gasteiger partial charge is 0.320 e. The Morgan fingerprint density at radius 3 is 3.00 bits per heavy atom. The van der Waals surface area contributed by atoms with Crippen LogP contribution in [0.4, 0.5) is 0 Å². The van der Waals surface area contributed by atoms with Crippen molar-refractivity contribution in [2.45, 2.75) is 17.5 Å². The highest BCUT2D eigenvalue weighted by atomic mass is 79.9. The number of rotatable bonds is 5. The van der Waals surface area contributed by atoms with Crippen molar-refractivity contribution < 1.29 is 13.9 Å². The number of furan rings is 1. The van der Waals surface area contributed by atoms with Gasteiger partial charge in [-0.05, 0) is 18.6 Å². The fourth-order valence-corrected chi connectivity index (χ4v) is 2.69. The first kappa shape index (κ1) is 12.6. The second-order valence-corrected chi connectivity index (χ2v) is 5.17. The second kappa shape index (κ2) is 6.23. The van der Waals surface area contributed by atoms with Gasteiger partial charge in [-0.3, -0.25) is 4.79 Å². The molecule has 15 heavy (non-hydrogen) atoms. The number of thioether (sulfide) groups is 1. The van der Waals surface area contributed by atoms with Gasteiger partial charge in [-0.15, -0.1) is 0 Å². The van der Waals surface area contributed by atoms with Crippen LogP contribution in [0.15, 0.2) is 16.7 Å². The van der Waals surface area contributed by atoms with Crippen LogP contribution in [0.5, 0.6) is 0 Å². The van der Waals surface area contributed by atoms with Crippen LogP contribution in [-0.2, 0) is 15.3 Å². The second-order valence-electron chi connectivity index (χ2n) is 3.03. The zero-order valence-electron chi connectivity index (χ0n) is 8.66. The minimum absolute atomic E-state index is 0.237. The lowest BCUT2D eigenvalue weighted by molar-refractivity contribution is -0.139. The summed E-state index contributed by atoms with van der Waals surface area (Å²) in [5, 5.41) is 0. The summed E-state index contributed by atoms with van der Waals surface area (Å²) in [7, 11) is 1.39. The summed E-state index contributed by atoms with van der Waals surface area (Å²) in [6.45, 7) is 2.01. The number of ether oxygens (including phenoxy) is 1. The molecule has 0 aliphatic carbocycles. The molecule has 0 saturated heterocycles. The molecule has 1 aromatic rings. The average molecular weight is 293 g/mol. The number of hydrogen-bond donors (Lipinski definition) is 0. The number of aryl methyl sites for hydroxylation is 1. The molecule has 5 heteroatoms. The number of alkyl halides is 1. The third-order valence-corrected chi connectivity index (χ3v) is 4.08. The molecule has 1 unspecified atom stereocenters. The lowest BCUT2D eigenvalue weighted by Crippen LogP contribution is -2.17. The maximum absolute atomic E-state index is 11.1. The predicted molar refractivity (Wildman–Crippen MR) is 64.3 cm³/mol. The highest BCUT2D eigenvalue weighted by Gasteiger charge is 2.15. The molecule has 0 bridgehead atoms. The molecule has 0 amide bonds. The van der Waals surface area contributed by atoms with E-state index in [1.807, 2.05) is 13.0 Å². The Labute approximate surface area is 102 Å². The molecule has 84 valence electrons. The van der Waals surface area contributed by atoms with E-state index in [2.05, 4.69) is 20.7 Å². The van der Waals surface area contributed by atoms with Crippen LogP contribution in [0.3, 0.4) is 0 Å². The topological polar surface area (TPSA) is 39.4 Å². The molecule has 0 aliphatic rings. The Hall–Kier alpha value is -0.420. The van der Waals surface area contributed by atoms with E-state index in [0.717, 1.165) is 17.1 Å². The molecular formula is C10H13BrO3S. The van der Waals surface area contributed by atoms with Crippen molar-refractivity contribution in [3.63, 3.8) is 0 Å². The lowest BCUT2D eigenvalue weighted by atomic mass is 10.3. The normalized spacial score (nSPS) is 12.5. The first-order chi connectivity index (χ1) is 7.15. The van der Waals surface area contributed by atoms with Gasteiger partial charge in [-0.25, -0.2) is 0 Å². The SMILES string of the molecule is COC(=O)C(Br)CSCc1occc1C. The Bertz CT molecular complexity index is 324. The third-order valence-electron chi connectivity index (χ3n) is 1.92. The quantitative estimate of drug-likeness (QED) is 0.618. The van der Waals surface area contributed by atoms with Gasteiger partial charge in [0, 0.05) is 5.75 Å². The van der Waals surface area contributed by atoms with E-state index in [1.165, 1.54) is 7.11 Å². The van der Waals surface area contributed by atoms with Crippen LogP contribution in [0.2, 0.25) is 0 Å². The van der Waals surface area contributed by atoms with Crippen LogP contribution in [-0.4, -0.2) is 23.7 Å². The standard InChI is InChI=1S/C10H13BrO3S/c1-7-3-4-14-9(7)6-15-5-8(11)10(12)13-2/h3-4,8H,5-6H2,1-2H3. The summed E-state index contributed by atoms with van der Waals surface area (Å²) in [6, 6.07) is 1.93. The van der Waals surface area contributed by atoms with E-state index in [1.54, 1.807) is 18.0 Å². The number of hydrogen-bond acceptors (Lipinski definition) is 4. The van der Waals surface area contributed by atoms with Crippen molar-refractivity contribution in [1.82, 2.24) is 0 Å². The van der Waals surface area contributed by atoms with E-state index in [4.69, 9.17) is 4.42 Å². The molecular weight excluding hydrogens is 280 g/mol. The number of halogens is 1. The molecule has 1 aromatic heterocycles. The van der Waals surface area contributed by atoms with E-state index < -0.39 is 0 Å². The molecule has 0 aromatic carbocycles. The molecule has 1 heterocycles. The van der Waals surface area contributed by atoms with Gasteiger partial charge in [0.25, 0.3) is 0 Å². The van der Waals surface area contributed by atoms with Gasteiger partial charge < -0.3 is 9.15 Å². The largest absolute Gasteiger partial charge is 0.468 e. The number of carbonyl (C=O) groups excluding carboxylic acids is 1. The van der Waals surface area contributed by atoms with Gasteiger partial charge in [0.2, 0.25) is 0 Å². The molecule has 1 rings (SSSR count). The molecule has 0 fully saturated rings. The first-order valence-electron chi connectivity index (χ1n) is 4.47. The molecule has 0 spiro atoms. The zero-order chi connectivity index (χ0) is 11.3. The average Bonchev–Trinajstić information content (AvgIpc) is 2.63. The first-order valence-corrected chi connectivity index (χ1v) is 6.54. The van der Waals surface area contributed by atoms with Crippen molar-refractivity contribution in [3.8, 4) is 0 Å². The Kier molecular flexibility index (Phi) is 5.25. The van der Waals surface area contributed by atoms with Gasteiger partial charge in [0.15, 0.2) is 0 Å². The molecule has 0 N–H and O–H groups in total. The summed E-state index contributed by atoms with van der Waals surface area (Å²) < 4.78 is 9.88. The van der Waals surface area contributed by atoms with Gasteiger partial charge >= 0.3 is 5.97 Å². The van der Waals surface area contributed by atoms with Crippen LogP contribution in [0.1, 0.15) is 11.3 Å². The van der Waals surface area contributed by atoms with Crippen molar-refractivity contribution in [3.05, 3.63) is 23.7 Å². The van der Waals surface area contributed by atoms with Crippen molar-refractivity contribution in [1.29, 1.82) is 0 Å². The zero-order valence-corrected chi connectivity index (χ0v) is 11.1. The van der Waals surface area contributed by atoms with Crippen LogP contribution < -0.4 is 0 Å². The minimum Gasteiger partial charge on any atom is -0.468 e. The molecule has 0 radical (unpaired) electrons. The van der Waals surface area contributed by atoms with Gasteiger partial charge in [-0.2, -0.15) is 11.8 Å². The lowest BCUT2D eigenvalue weighted by Gasteiger charge is -2.06. The van der Waals surface area contributed by atoms with Crippen LogP contribution in [0.25, 0.3) is 0 Å². The van der Waals surface area contributed by atoms with Gasteiger partial charge in [0.1, 0.15) is 10.6 Å². The molecule has 3 nitrogen and oxygen atoms in total. The van der Waals surface area contributed by atoms with Gasteiger partial charge in [-0.1, -0.05) is 15.9 Å². The highest BCUT2D eigenvalue weighted by molar-refractivity contribution is 9.10. The predicted octanol–water partition coefficient (Wildman–Crippen LogP) is 2.76. The van der Waals surface area contributed by atoms with E-state index >= 15 is 0 Å². The van der Waals surface area contributed by atoms with Crippen molar-refractivity contribution in [2.75, 3.05) is 12.9 Å². The fourth-order valence-electron chi connectivity index (χ4n) is 1.00. The van der Waals surface area contributed by atoms with Crippen molar-refractivity contribution in [2.24, 2.45) is 0 Å². The maximum Gasteiger partial charge on any atom is 0.320 e. The number of esters is 1. The Balaban J connectivity index is 2.28. The minimum atomic E-state index is -0.247. The summed E-state index contributed by atoms with van der Waals surface area (Å²) in [4.78, 5) is 10.8. The van der Waals surface area contributed by atoms with E-state index in [-0.39, 0.29) is 10.8 Å².